The summed E-state index contributed by atoms with van der Waals surface area (Å²) in [6, 6.07) is 8.61. The summed E-state index contributed by atoms with van der Waals surface area (Å²) in [5.41, 5.74) is 3.18. The first kappa shape index (κ1) is 15.9. The van der Waals surface area contributed by atoms with Crippen LogP contribution in [-0.4, -0.2) is 38.2 Å². The molecule has 6 heteroatoms. The van der Waals surface area contributed by atoms with Crippen molar-refractivity contribution in [3.05, 3.63) is 53.2 Å². The Hall–Kier alpha value is -2.63. The van der Waals surface area contributed by atoms with Crippen molar-refractivity contribution in [2.45, 2.75) is 39.3 Å². The van der Waals surface area contributed by atoms with Crippen molar-refractivity contribution in [3.63, 3.8) is 0 Å². The fourth-order valence-electron chi connectivity index (χ4n) is 3.74. The van der Waals surface area contributed by atoms with Crippen molar-refractivity contribution < 1.29 is 9.18 Å². The van der Waals surface area contributed by atoms with E-state index in [1.54, 1.807) is 18.2 Å². The normalized spacial score (nSPS) is 17.6. The van der Waals surface area contributed by atoms with Crippen LogP contribution in [0.15, 0.2) is 30.3 Å². The smallest absolute Gasteiger partial charge is 0.270 e. The molecular weight excluding hydrogens is 319 g/mol. The predicted molar refractivity (Wildman–Crippen MR) is 94.0 cm³/mol. The van der Waals surface area contributed by atoms with Crippen LogP contribution in [-0.2, 0) is 6.54 Å². The van der Waals surface area contributed by atoms with Crippen LogP contribution in [0, 0.1) is 19.7 Å². The van der Waals surface area contributed by atoms with Crippen LogP contribution >= 0.6 is 0 Å². The number of hydrogen-bond acceptors (Lipinski definition) is 2. The quantitative estimate of drug-likeness (QED) is 0.794. The van der Waals surface area contributed by atoms with Crippen LogP contribution in [0.4, 0.5) is 4.39 Å². The second-order valence-corrected chi connectivity index (χ2v) is 6.79. The van der Waals surface area contributed by atoms with Gasteiger partial charge >= 0.3 is 0 Å². The number of aromatic amines is 1. The minimum absolute atomic E-state index is 0.0698. The Morgan fingerprint density at radius 3 is 2.92 bits per heavy atom. The summed E-state index contributed by atoms with van der Waals surface area (Å²) in [6.45, 7) is 5.42. The molecule has 130 valence electrons. The van der Waals surface area contributed by atoms with E-state index in [4.69, 9.17) is 0 Å². The van der Waals surface area contributed by atoms with Crippen molar-refractivity contribution in [2.75, 3.05) is 6.54 Å². The Bertz CT molecular complexity index is 942. The maximum absolute atomic E-state index is 13.9. The molecule has 25 heavy (non-hydrogen) atoms. The Morgan fingerprint density at radius 2 is 2.20 bits per heavy atom. The number of benzene rings is 1. The Morgan fingerprint density at radius 1 is 1.36 bits per heavy atom. The van der Waals surface area contributed by atoms with Gasteiger partial charge in [-0.05, 0) is 51.0 Å². The zero-order valence-corrected chi connectivity index (χ0v) is 14.4. The fourth-order valence-corrected chi connectivity index (χ4v) is 3.74. The van der Waals surface area contributed by atoms with Gasteiger partial charge in [0.2, 0.25) is 0 Å². The summed E-state index contributed by atoms with van der Waals surface area (Å²) < 4.78 is 15.9. The maximum atomic E-state index is 13.9. The highest BCUT2D eigenvalue weighted by Gasteiger charge is 2.31. The molecule has 2 aromatic heterocycles. The number of hydrogen-bond donors (Lipinski definition) is 1. The van der Waals surface area contributed by atoms with Crippen molar-refractivity contribution in [1.29, 1.82) is 0 Å². The molecule has 0 aliphatic carbocycles. The topological polar surface area (TPSA) is 53.9 Å². The molecule has 3 aromatic rings. The molecule has 0 bridgehead atoms. The van der Waals surface area contributed by atoms with Gasteiger partial charge in [-0.1, -0.05) is 6.07 Å². The lowest BCUT2D eigenvalue weighted by Crippen LogP contribution is -2.38. The fraction of sp³-hybridized carbons (Fsp3) is 0.368. The minimum atomic E-state index is -0.312. The van der Waals surface area contributed by atoms with Crippen LogP contribution in [0.2, 0.25) is 0 Å². The van der Waals surface area contributed by atoms with Crippen LogP contribution in [0.1, 0.15) is 34.7 Å². The van der Waals surface area contributed by atoms with E-state index in [9.17, 15) is 9.18 Å². The lowest BCUT2D eigenvalue weighted by molar-refractivity contribution is 0.0716. The number of carbonyl (C=O) groups excluding carboxylic acids is 1. The molecule has 1 unspecified atom stereocenters. The lowest BCUT2D eigenvalue weighted by atomic mass is 10.2. The number of rotatable bonds is 3. The first-order valence-corrected chi connectivity index (χ1v) is 8.62. The van der Waals surface area contributed by atoms with E-state index in [0.29, 0.717) is 23.1 Å². The predicted octanol–water partition coefficient (Wildman–Crippen LogP) is 3.43. The molecule has 1 N–H and O–H groups in total. The van der Waals surface area contributed by atoms with Gasteiger partial charge in [-0.15, -0.1) is 0 Å². The molecule has 1 saturated heterocycles. The van der Waals surface area contributed by atoms with Gasteiger partial charge in [-0.25, -0.2) is 4.39 Å². The summed E-state index contributed by atoms with van der Waals surface area (Å²) in [7, 11) is 0. The number of H-pyrrole nitrogens is 1. The van der Waals surface area contributed by atoms with Crippen LogP contribution < -0.4 is 0 Å². The summed E-state index contributed by atoms with van der Waals surface area (Å²) in [6.07, 6.45) is 1.93. The minimum Gasteiger partial charge on any atom is -0.350 e. The second kappa shape index (κ2) is 6.02. The number of aryl methyl sites for hydroxylation is 2. The van der Waals surface area contributed by atoms with E-state index in [1.165, 1.54) is 6.07 Å². The maximum Gasteiger partial charge on any atom is 0.270 e. The third-order valence-corrected chi connectivity index (χ3v) is 4.97. The van der Waals surface area contributed by atoms with Gasteiger partial charge in [0.1, 0.15) is 11.5 Å². The van der Waals surface area contributed by atoms with Gasteiger partial charge < -0.3 is 9.88 Å². The molecule has 1 aliphatic heterocycles. The first-order chi connectivity index (χ1) is 12.0. The largest absolute Gasteiger partial charge is 0.350 e. The average molecular weight is 340 g/mol. The zero-order valence-electron chi connectivity index (χ0n) is 14.4. The highest BCUT2D eigenvalue weighted by Crippen LogP contribution is 2.24. The Balaban J connectivity index is 1.59. The van der Waals surface area contributed by atoms with Crippen molar-refractivity contribution in [3.8, 4) is 0 Å². The average Bonchev–Trinajstić information content (AvgIpc) is 3.27. The van der Waals surface area contributed by atoms with Crippen molar-refractivity contribution in [1.82, 2.24) is 19.7 Å². The summed E-state index contributed by atoms with van der Waals surface area (Å²) in [5.74, 6) is -0.381. The Kier molecular flexibility index (Phi) is 3.82. The van der Waals surface area contributed by atoms with Crippen LogP contribution in [0.3, 0.4) is 0 Å². The van der Waals surface area contributed by atoms with Gasteiger partial charge in [0, 0.05) is 23.1 Å². The molecule has 0 spiro atoms. The van der Waals surface area contributed by atoms with E-state index in [1.807, 2.05) is 29.5 Å². The van der Waals surface area contributed by atoms with Gasteiger partial charge in [0.05, 0.1) is 18.3 Å². The SMILES string of the molecule is Cc1cc(C)n(CC2CCCN2C(=O)c2cc3c(F)cccc3[nH]2)n1. The van der Waals surface area contributed by atoms with E-state index in [0.717, 1.165) is 30.8 Å². The first-order valence-electron chi connectivity index (χ1n) is 8.62. The monoisotopic (exact) mass is 340 g/mol. The number of nitrogens with one attached hydrogen (secondary N) is 1. The number of fused-ring (bicyclic) bond motifs is 1. The number of halogens is 1. The number of carbonyl (C=O) groups is 1. The second-order valence-electron chi connectivity index (χ2n) is 6.79. The Labute approximate surface area is 145 Å². The van der Waals surface area contributed by atoms with E-state index < -0.39 is 0 Å². The van der Waals surface area contributed by atoms with Crippen molar-refractivity contribution >= 4 is 16.8 Å². The highest BCUT2D eigenvalue weighted by molar-refractivity contribution is 5.98. The highest BCUT2D eigenvalue weighted by atomic mass is 19.1. The number of likely N-dealkylation sites (tertiary alicyclic amines) is 1. The van der Waals surface area contributed by atoms with Gasteiger partial charge in [-0.3, -0.25) is 9.48 Å². The molecule has 1 atom stereocenters. The molecule has 1 amide bonds. The van der Waals surface area contributed by atoms with E-state index in [2.05, 4.69) is 10.1 Å². The third kappa shape index (κ3) is 2.81. The van der Waals surface area contributed by atoms with E-state index >= 15 is 0 Å². The van der Waals surface area contributed by atoms with Crippen LogP contribution in [0.5, 0.6) is 0 Å². The molecule has 0 saturated carbocycles. The van der Waals surface area contributed by atoms with Crippen LogP contribution in [0.25, 0.3) is 10.9 Å². The summed E-state index contributed by atoms with van der Waals surface area (Å²) >= 11 is 0. The lowest BCUT2D eigenvalue weighted by Gasteiger charge is -2.24. The molecule has 1 aromatic carbocycles. The molecule has 1 aliphatic rings. The van der Waals surface area contributed by atoms with Gasteiger partial charge in [0.15, 0.2) is 0 Å². The summed E-state index contributed by atoms with van der Waals surface area (Å²) in [5, 5.41) is 4.97. The third-order valence-electron chi connectivity index (χ3n) is 4.97. The molecule has 3 heterocycles. The van der Waals surface area contributed by atoms with E-state index in [-0.39, 0.29) is 17.8 Å². The molecule has 4 rings (SSSR count). The number of amides is 1. The molecule has 5 nitrogen and oxygen atoms in total. The number of nitrogens with zero attached hydrogens (tertiary/aromatic N) is 3. The standard InChI is InChI=1S/C19H21FN4O/c1-12-9-13(2)24(22-12)11-14-5-4-8-23(14)19(25)18-10-15-16(20)6-3-7-17(15)21-18/h3,6-7,9-10,14,21H,4-5,8,11H2,1-2H3. The van der Waals surface area contributed by atoms with Gasteiger partial charge in [0.25, 0.3) is 5.91 Å². The van der Waals surface area contributed by atoms with Crippen molar-refractivity contribution in [2.24, 2.45) is 0 Å². The molecule has 1 fully saturated rings. The molecular formula is C19H21FN4O. The van der Waals surface area contributed by atoms with Gasteiger partial charge in [-0.2, -0.15) is 5.10 Å². The summed E-state index contributed by atoms with van der Waals surface area (Å²) in [4.78, 5) is 17.9. The molecule has 0 radical (unpaired) electrons. The zero-order chi connectivity index (χ0) is 17.6. The number of aromatic nitrogens is 3.